The molecule has 1 aromatic rings. The van der Waals surface area contributed by atoms with Gasteiger partial charge in [-0.15, -0.1) is 6.42 Å². The second kappa shape index (κ2) is 4.97. The van der Waals surface area contributed by atoms with E-state index in [0.717, 1.165) is 19.6 Å². The molecule has 1 N–H and O–H groups in total. The van der Waals surface area contributed by atoms with Crippen LogP contribution in [0, 0.1) is 12.3 Å². The van der Waals surface area contributed by atoms with Gasteiger partial charge in [-0.25, -0.2) is 0 Å². The Morgan fingerprint density at radius 3 is 3.20 bits per heavy atom. The molecule has 2 nitrogen and oxygen atoms in total. The molecule has 0 spiro atoms. The molecule has 1 aliphatic rings. The predicted octanol–water partition coefficient (Wildman–Crippen LogP) is 1.52. The van der Waals surface area contributed by atoms with Gasteiger partial charge in [0.05, 0.1) is 19.3 Å². The first-order chi connectivity index (χ1) is 7.42. The molecule has 2 rings (SSSR count). The molecule has 1 aliphatic heterocycles. The van der Waals surface area contributed by atoms with E-state index in [0.29, 0.717) is 6.54 Å². The summed E-state index contributed by atoms with van der Waals surface area (Å²) < 4.78 is 5.72. The number of fused-ring (bicyclic) bond motifs is 1. The highest BCUT2D eigenvalue weighted by Gasteiger charge is 2.19. The molecule has 1 atom stereocenters. The number of ether oxygens (including phenoxy) is 1. The zero-order valence-electron chi connectivity index (χ0n) is 8.70. The summed E-state index contributed by atoms with van der Waals surface area (Å²) in [4.78, 5) is 0. The lowest BCUT2D eigenvalue weighted by Crippen LogP contribution is -2.27. The van der Waals surface area contributed by atoms with Gasteiger partial charge in [-0.1, -0.05) is 30.2 Å². The molecule has 0 saturated carbocycles. The van der Waals surface area contributed by atoms with Crippen molar-refractivity contribution in [2.24, 2.45) is 0 Å². The van der Waals surface area contributed by atoms with Gasteiger partial charge in [-0.05, 0) is 17.5 Å². The van der Waals surface area contributed by atoms with Crippen molar-refractivity contribution < 1.29 is 4.74 Å². The number of nitrogens with one attached hydrogen (secondary N) is 1. The van der Waals surface area contributed by atoms with E-state index in [9.17, 15) is 0 Å². The van der Waals surface area contributed by atoms with Crippen LogP contribution < -0.4 is 5.32 Å². The molecular weight excluding hydrogens is 186 g/mol. The Kier molecular flexibility index (Phi) is 3.39. The zero-order chi connectivity index (χ0) is 10.5. The minimum absolute atomic E-state index is 0.156. The van der Waals surface area contributed by atoms with Gasteiger partial charge < -0.3 is 10.1 Å². The Morgan fingerprint density at radius 2 is 2.33 bits per heavy atom. The lowest BCUT2D eigenvalue weighted by Gasteiger charge is -2.26. The summed E-state index contributed by atoms with van der Waals surface area (Å²) in [6, 6.07) is 8.44. The molecule has 0 bridgehead atoms. The van der Waals surface area contributed by atoms with Gasteiger partial charge in [0.25, 0.3) is 0 Å². The van der Waals surface area contributed by atoms with Crippen LogP contribution in [0.1, 0.15) is 17.2 Å². The van der Waals surface area contributed by atoms with Crippen LogP contribution in [0.15, 0.2) is 24.3 Å². The summed E-state index contributed by atoms with van der Waals surface area (Å²) in [6.45, 7) is 2.20. The van der Waals surface area contributed by atoms with E-state index in [1.54, 1.807) is 0 Å². The molecule has 0 aliphatic carbocycles. The highest BCUT2D eigenvalue weighted by atomic mass is 16.5. The topological polar surface area (TPSA) is 21.3 Å². The van der Waals surface area contributed by atoms with Crippen molar-refractivity contribution in [2.75, 3.05) is 19.7 Å². The van der Waals surface area contributed by atoms with Gasteiger partial charge in [0.15, 0.2) is 0 Å². The molecule has 0 amide bonds. The molecule has 0 fully saturated rings. The van der Waals surface area contributed by atoms with E-state index in [1.165, 1.54) is 11.1 Å². The molecule has 0 aromatic heterocycles. The number of rotatable bonds is 3. The van der Waals surface area contributed by atoms with E-state index in [1.807, 2.05) is 0 Å². The van der Waals surface area contributed by atoms with Crippen LogP contribution in [0.25, 0.3) is 0 Å². The van der Waals surface area contributed by atoms with Gasteiger partial charge in [0.1, 0.15) is 0 Å². The molecule has 1 unspecified atom stereocenters. The summed E-state index contributed by atoms with van der Waals surface area (Å²) in [5.41, 5.74) is 2.70. The van der Waals surface area contributed by atoms with E-state index in [4.69, 9.17) is 11.2 Å². The molecule has 1 aromatic carbocycles. The SMILES string of the molecule is C#CCNCC1OCCc2ccccc21. The van der Waals surface area contributed by atoms with Gasteiger partial charge in [-0.2, -0.15) is 0 Å². The third kappa shape index (κ3) is 2.38. The molecule has 1 heterocycles. The van der Waals surface area contributed by atoms with Crippen LogP contribution in [0.3, 0.4) is 0 Å². The van der Waals surface area contributed by atoms with Gasteiger partial charge in [0, 0.05) is 6.54 Å². The normalized spacial score (nSPS) is 19.3. The fourth-order valence-electron chi connectivity index (χ4n) is 1.92. The first-order valence-electron chi connectivity index (χ1n) is 5.25. The zero-order valence-corrected chi connectivity index (χ0v) is 8.70. The van der Waals surface area contributed by atoms with Crippen molar-refractivity contribution >= 4 is 0 Å². The van der Waals surface area contributed by atoms with E-state index in [-0.39, 0.29) is 6.10 Å². The van der Waals surface area contributed by atoms with Crippen molar-refractivity contribution in [1.29, 1.82) is 0 Å². The average molecular weight is 201 g/mol. The fraction of sp³-hybridized carbons (Fsp3) is 0.385. The van der Waals surface area contributed by atoms with E-state index < -0.39 is 0 Å². The van der Waals surface area contributed by atoms with Crippen molar-refractivity contribution in [3.05, 3.63) is 35.4 Å². The maximum Gasteiger partial charge on any atom is 0.0952 e. The number of hydrogen-bond donors (Lipinski definition) is 1. The fourth-order valence-corrected chi connectivity index (χ4v) is 1.92. The monoisotopic (exact) mass is 201 g/mol. The van der Waals surface area contributed by atoms with Crippen LogP contribution in [-0.2, 0) is 11.2 Å². The second-order valence-corrected chi connectivity index (χ2v) is 3.64. The lowest BCUT2D eigenvalue weighted by atomic mass is 9.98. The molecule has 2 heteroatoms. The van der Waals surface area contributed by atoms with Gasteiger partial charge in [0.2, 0.25) is 0 Å². The summed E-state index contributed by atoms with van der Waals surface area (Å²) in [6.07, 6.45) is 6.36. The smallest absolute Gasteiger partial charge is 0.0952 e. The number of hydrogen-bond acceptors (Lipinski definition) is 2. The number of terminal acetylenes is 1. The standard InChI is InChI=1S/C13H15NO/c1-2-8-14-10-13-12-6-4-3-5-11(12)7-9-15-13/h1,3-6,13-14H,7-10H2. The largest absolute Gasteiger partial charge is 0.372 e. The van der Waals surface area contributed by atoms with Crippen molar-refractivity contribution in [1.82, 2.24) is 5.32 Å². The molecule has 0 saturated heterocycles. The summed E-state index contributed by atoms with van der Waals surface area (Å²) >= 11 is 0. The Balaban J connectivity index is 2.06. The molecule has 15 heavy (non-hydrogen) atoms. The third-order valence-corrected chi connectivity index (χ3v) is 2.65. The quantitative estimate of drug-likeness (QED) is 0.591. The summed E-state index contributed by atoms with van der Waals surface area (Å²) in [5.74, 6) is 2.56. The Hall–Kier alpha value is -1.30. The summed E-state index contributed by atoms with van der Waals surface area (Å²) in [5, 5.41) is 3.18. The molecule has 78 valence electrons. The van der Waals surface area contributed by atoms with Crippen molar-refractivity contribution in [2.45, 2.75) is 12.5 Å². The Morgan fingerprint density at radius 1 is 1.47 bits per heavy atom. The van der Waals surface area contributed by atoms with Gasteiger partial charge >= 0.3 is 0 Å². The maximum atomic E-state index is 5.72. The molecule has 0 radical (unpaired) electrons. The van der Waals surface area contributed by atoms with Crippen LogP contribution in [0.4, 0.5) is 0 Å². The van der Waals surface area contributed by atoms with E-state index >= 15 is 0 Å². The van der Waals surface area contributed by atoms with Crippen molar-refractivity contribution in [3.8, 4) is 12.3 Å². The van der Waals surface area contributed by atoms with Gasteiger partial charge in [-0.3, -0.25) is 0 Å². The lowest BCUT2D eigenvalue weighted by molar-refractivity contribution is 0.0433. The van der Waals surface area contributed by atoms with Crippen LogP contribution in [0.5, 0.6) is 0 Å². The first-order valence-corrected chi connectivity index (χ1v) is 5.25. The predicted molar refractivity (Wildman–Crippen MR) is 60.5 cm³/mol. The highest BCUT2D eigenvalue weighted by molar-refractivity contribution is 5.31. The Labute approximate surface area is 90.6 Å². The molecular formula is C13H15NO. The minimum atomic E-state index is 0.156. The van der Waals surface area contributed by atoms with E-state index in [2.05, 4.69) is 35.5 Å². The second-order valence-electron chi connectivity index (χ2n) is 3.64. The average Bonchev–Trinajstić information content (AvgIpc) is 2.30. The highest BCUT2D eigenvalue weighted by Crippen LogP contribution is 2.25. The first kappa shape index (κ1) is 10.2. The van der Waals surface area contributed by atoms with Crippen molar-refractivity contribution in [3.63, 3.8) is 0 Å². The Bertz CT molecular complexity index is 367. The van der Waals surface area contributed by atoms with Crippen LogP contribution >= 0.6 is 0 Å². The summed E-state index contributed by atoms with van der Waals surface area (Å²) in [7, 11) is 0. The third-order valence-electron chi connectivity index (χ3n) is 2.65. The minimum Gasteiger partial charge on any atom is -0.372 e. The van der Waals surface area contributed by atoms with Crippen LogP contribution in [0.2, 0.25) is 0 Å². The number of benzene rings is 1. The van der Waals surface area contributed by atoms with Crippen LogP contribution in [-0.4, -0.2) is 19.7 Å². The maximum absolute atomic E-state index is 5.72.